The number of amides is 1. The smallest absolute Gasteiger partial charge is 0.407 e. The van der Waals surface area contributed by atoms with Crippen LogP contribution in [-0.4, -0.2) is 56.7 Å². The Morgan fingerprint density at radius 2 is 1.94 bits per heavy atom. The van der Waals surface area contributed by atoms with Gasteiger partial charge in [-0.3, -0.25) is 0 Å². The number of hydrogen-bond acceptors (Lipinski definition) is 3. The number of nitrogens with zero attached hydrogens (tertiary/aromatic N) is 1. The van der Waals surface area contributed by atoms with E-state index in [2.05, 4.69) is 39.2 Å². The lowest BCUT2D eigenvalue weighted by molar-refractivity contribution is 0.0923. The quantitative estimate of drug-likeness (QED) is 0.772. The van der Waals surface area contributed by atoms with E-state index < -0.39 is 14.4 Å². The van der Waals surface area contributed by atoms with Gasteiger partial charge in [-0.2, -0.15) is 0 Å². The molecule has 6 heteroatoms. The van der Waals surface area contributed by atoms with Gasteiger partial charge in [0, 0.05) is 20.1 Å². The lowest BCUT2D eigenvalue weighted by Gasteiger charge is -2.40. The molecule has 1 heterocycles. The molecule has 0 aromatic heterocycles. The molecule has 1 aliphatic rings. The summed E-state index contributed by atoms with van der Waals surface area (Å²) >= 11 is 0. The zero-order valence-electron chi connectivity index (χ0n) is 12.3. The number of carboxylic acid groups (broad SMARTS) is 1. The Balaban J connectivity index is 2.75. The molecule has 0 unspecified atom stereocenters. The highest BCUT2D eigenvalue weighted by Gasteiger charge is 2.43. The fraction of sp³-hybridized carbons (Fsp3) is 0.917. The standard InChI is InChI=1S/C12H26N2O3Si/c1-12(2,3)18(5,6)17-10-8-13-7-9(10)14(4)11(15)16/h9-10,13H,7-8H2,1-6H3,(H,15,16)/t9-,10-/m1/s1. The van der Waals surface area contributed by atoms with Crippen molar-refractivity contribution >= 4 is 14.4 Å². The summed E-state index contributed by atoms with van der Waals surface area (Å²) in [5.41, 5.74) is 0. The fourth-order valence-corrected chi connectivity index (χ4v) is 3.20. The van der Waals surface area contributed by atoms with Crippen LogP contribution in [0.4, 0.5) is 4.79 Å². The first-order chi connectivity index (χ1) is 8.06. The third-order valence-electron chi connectivity index (χ3n) is 4.18. The third kappa shape index (κ3) is 3.24. The molecule has 18 heavy (non-hydrogen) atoms. The van der Waals surface area contributed by atoms with E-state index in [1.165, 1.54) is 4.90 Å². The van der Waals surface area contributed by atoms with Crippen molar-refractivity contribution in [3.63, 3.8) is 0 Å². The second-order valence-electron chi connectivity index (χ2n) is 6.54. The predicted octanol–water partition coefficient (Wildman–Crippen LogP) is 1.96. The van der Waals surface area contributed by atoms with E-state index in [0.717, 1.165) is 6.54 Å². The summed E-state index contributed by atoms with van der Waals surface area (Å²) < 4.78 is 6.32. The van der Waals surface area contributed by atoms with Gasteiger partial charge in [-0.1, -0.05) is 20.8 Å². The van der Waals surface area contributed by atoms with Crippen LogP contribution in [-0.2, 0) is 4.43 Å². The normalized spacial score (nSPS) is 25.2. The molecule has 1 amide bonds. The summed E-state index contributed by atoms with van der Waals surface area (Å²) in [4.78, 5) is 12.4. The van der Waals surface area contributed by atoms with E-state index in [9.17, 15) is 4.79 Å². The van der Waals surface area contributed by atoms with E-state index in [-0.39, 0.29) is 17.2 Å². The van der Waals surface area contributed by atoms with Crippen LogP contribution in [0.2, 0.25) is 18.1 Å². The largest absolute Gasteiger partial charge is 0.465 e. The molecule has 0 aromatic carbocycles. The van der Waals surface area contributed by atoms with Crippen molar-refractivity contribution in [1.29, 1.82) is 0 Å². The van der Waals surface area contributed by atoms with Crippen LogP contribution < -0.4 is 5.32 Å². The number of hydrogen-bond donors (Lipinski definition) is 2. The molecule has 2 N–H and O–H groups in total. The summed E-state index contributed by atoms with van der Waals surface area (Å²) in [7, 11) is -0.239. The van der Waals surface area contributed by atoms with Crippen molar-refractivity contribution in [2.45, 2.75) is 51.0 Å². The van der Waals surface area contributed by atoms with Gasteiger partial charge in [0.2, 0.25) is 0 Å². The highest BCUT2D eigenvalue weighted by molar-refractivity contribution is 6.74. The molecule has 0 spiro atoms. The SMILES string of the molecule is CN(C(=O)O)[C@@H]1CNC[C@H]1O[Si](C)(C)C(C)(C)C. The Morgan fingerprint density at radius 3 is 2.39 bits per heavy atom. The van der Waals surface area contributed by atoms with E-state index in [4.69, 9.17) is 9.53 Å². The van der Waals surface area contributed by atoms with Crippen LogP contribution in [0, 0.1) is 0 Å². The van der Waals surface area contributed by atoms with Crippen LogP contribution in [0.15, 0.2) is 0 Å². The molecule has 0 bridgehead atoms. The minimum absolute atomic E-state index is 0.0352. The molecule has 1 saturated heterocycles. The Morgan fingerprint density at radius 1 is 1.39 bits per heavy atom. The van der Waals surface area contributed by atoms with Crippen molar-refractivity contribution in [1.82, 2.24) is 10.2 Å². The summed E-state index contributed by atoms with van der Waals surface area (Å²) in [6, 6.07) is -0.0865. The van der Waals surface area contributed by atoms with Gasteiger partial charge in [0.05, 0.1) is 12.1 Å². The van der Waals surface area contributed by atoms with Gasteiger partial charge < -0.3 is 19.7 Å². The Labute approximate surface area is 111 Å². The van der Waals surface area contributed by atoms with Gasteiger partial charge in [0.15, 0.2) is 8.32 Å². The molecular weight excluding hydrogens is 248 g/mol. The Hall–Kier alpha value is -0.593. The maximum atomic E-state index is 11.0. The lowest BCUT2D eigenvalue weighted by Crippen LogP contribution is -2.51. The Kier molecular flexibility index (Phi) is 4.45. The monoisotopic (exact) mass is 274 g/mol. The highest BCUT2D eigenvalue weighted by Crippen LogP contribution is 2.38. The van der Waals surface area contributed by atoms with Crippen molar-refractivity contribution < 1.29 is 14.3 Å². The van der Waals surface area contributed by atoms with Gasteiger partial charge >= 0.3 is 6.09 Å². The number of rotatable bonds is 3. The van der Waals surface area contributed by atoms with Crippen LogP contribution >= 0.6 is 0 Å². The summed E-state index contributed by atoms with van der Waals surface area (Å²) in [6.07, 6.45) is -0.931. The molecular formula is C12H26N2O3Si. The van der Waals surface area contributed by atoms with Gasteiger partial charge in [-0.05, 0) is 18.1 Å². The van der Waals surface area contributed by atoms with E-state index in [0.29, 0.717) is 6.54 Å². The number of likely N-dealkylation sites (N-methyl/N-ethyl adjacent to an activating group) is 1. The maximum Gasteiger partial charge on any atom is 0.407 e. The molecule has 2 atom stereocenters. The van der Waals surface area contributed by atoms with Crippen molar-refractivity contribution in [2.24, 2.45) is 0 Å². The van der Waals surface area contributed by atoms with Crippen LogP contribution in [0.5, 0.6) is 0 Å². The molecule has 0 radical (unpaired) electrons. The Bertz CT molecular complexity index is 315. The van der Waals surface area contributed by atoms with Crippen LogP contribution in [0.25, 0.3) is 0 Å². The van der Waals surface area contributed by atoms with E-state index in [1.54, 1.807) is 7.05 Å². The van der Waals surface area contributed by atoms with Crippen molar-refractivity contribution in [3.8, 4) is 0 Å². The van der Waals surface area contributed by atoms with Crippen molar-refractivity contribution in [3.05, 3.63) is 0 Å². The second kappa shape index (κ2) is 5.18. The summed E-state index contributed by atoms with van der Waals surface area (Å²) in [5, 5.41) is 12.4. The average Bonchev–Trinajstić information content (AvgIpc) is 2.61. The highest BCUT2D eigenvalue weighted by atomic mass is 28.4. The molecule has 1 rings (SSSR count). The zero-order valence-corrected chi connectivity index (χ0v) is 13.3. The van der Waals surface area contributed by atoms with Gasteiger partial charge in [0.25, 0.3) is 0 Å². The van der Waals surface area contributed by atoms with Crippen LogP contribution in [0.1, 0.15) is 20.8 Å². The van der Waals surface area contributed by atoms with E-state index >= 15 is 0 Å². The molecule has 1 aliphatic heterocycles. The number of carbonyl (C=O) groups is 1. The van der Waals surface area contributed by atoms with Crippen molar-refractivity contribution in [2.75, 3.05) is 20.1 Å². The lowest BCUT2D eigenvalue weighted by atomic mass is 10.2. The first-order valence-electron chi connectivity index (χ1n) is 6.40. The zero-order chi connectivity index (χ0) is 14.1. The minimum atomic E-state index is -1.85. The third-order valence-corrected chi connectivity index (χ3v) is 8.68. The average molecular weight is 274 g/mol. The predicted molar refractivity (Wildman–Crippen MR) is 74.5 cm³/mol. The minimum Gasteiger partial charge on any atom is -0.465 e. The van der Waals surface area contributed by atoms with Gasteiger partial charge in [-0.25, -0.2) is 4.79 Å². The van der Waals surface area contributed by atoms with Crippen LogP contribution in [0.3, 0.4) is 0 Å². The van der Waals surface area contributed by atoms with E-state index in [1.807, 2.05) is 0 Å². The first-order valence-corrected chi connectivity index (χ1v) is 9.31. The topological polar surface area (TPSA) is 61.8 Å². The summed E-state index contributed by atoms with van der Waals surface area (Å²) in [6.45, 7) is 12.4. The van der Waals surface area contributed by atoms with Gasteiger partial charge in [0.1, 0.15) is 0 Å². The fourth-order valence-electron chi connectivity index (χ4n) is 1.84. The number of nitrogens with one attached hydrogen (secondary N) is 1. The summed E-state index contributed by atoms with van der Waals surface area (Å²) in [5.74, 6) is 0. The molecule has 5 nitrogen and oxygen atoms in total. The first kappa shape index (κ1) is 15.5. The molecule has 0 aromatic rings. The molecule has 1 fully saturated rings. The second-order valence-corrected chi connectivity index (χ2v) is 11.3. The maximum absolute atomic E-state index is 11.0. The molecule has 106 valence electrons. The molecule has 0 aliphatic carbocycles. The molecule has 0 saturated carbocycles. The van der Waals surface area contributed by atoms with Gasteiger partial charge in [-0.15, -0.1) is 0 Å².